The van der Waals surface area contributed by atoms with Gasteiger partial charge in [-0.05, 0) is 77.2 Å². The molecule has 244 valence electrons. The molecule has 4 N–H and O–H groups in total. The van der Waals surface area contributed by atoms with Crippen LogP contribution >= 0.6 is 0 Å². The number of carbonyl (C=O) groups is 1. The molecule has 0 radical (unpaired) electrons. The van der Waals surface area contributed by atoms with Gasteiger partial charge in [0.1, 0.15) is 6.10 Å². The monoisotopic (exact) mass is 594 g/mol. The first-order valence-electron chi connectivity index (χ1n) is 17.2. The van der Waals surface area contributed by atoms with E-state index in [1.54, 1.807) is 6.08 Å². The van der Waals surface area contributed by atoms with E-state index in [0.717, 1.165) is 70.6 Å². The van der Waals surface area contributed by atoms with Crippen molar-refractivity contribution in [3.8, 4) is 0 Å². The van der Waals surface area contributed by atoms with Crippen LogP contribution in [0.3, 0.4) is 0 Å². The molecular weight excluding hydrogens is 532 g/mol. The Labute approximate surface area is 255 Å². The Morgan fingerprint density at radius 3 is 1.95 bits per heavy atom. The number of cyclic esters (lactones) is 1. The predicted molar refractivity (Wildman–Crippen MR) is 168 cm³/mol. The summed E-state index contributed by atoms with van der Waals surface area (Å²) in [4.78, 5) is 11.6. The van der Waals surface area contributed by atoms with E-state index in [0.29, 0.717) is 31.3 Å². The van der Waals surface area contributed by atoms with Crippen LogP contribution in [0.15, 0.2) is 23.8 Å². The summed E-state index contributed by atoms with van der Waals surface area (Å²) in [6, 6.07) is 0. The summed E-state index contributed by atoms with van der Waals surface area (Å²) in [5, 5.41) is 41.7. The number of aliphatic hydroxyl groups is 4. The highest BCUT2D eigenvalue weighted by Gasteiger charge is 2.34. The van der Waals surface area contributed by atoms with Crippen LogP contribution in [0.25, 0.3) is 0 Å². The van der Waals surface area contributed by atoms with E-state index >= 15 is 0 Å². The van der Waals surface area contributed by atoms with Crippen molar-refractivity contribution in [1.82, 2.24) is 0 Å². The highest BCUT2D eigenvalue weighted by Crippen LogP contribution is 2.28. The Morgan fingerprint density at radius 1 is 0.738 bits per heavy atom. The first-order valence-corrected chi connectivity index (χ1v) is 17.2. The Bertz CT molecular complexity index is 766. The van der Waals surface area contributed by atoms with Crippen LogP contribution in [-0.2, 0) is 14.3 Å². The number of esters is 1. The molecule has 2 rings (SSSR count). The molecule has 7 unspecified atom stereocenters. The number of hydrogen-bond donors (Lipinski definition) is 4. The lowest BCUT2D eigenvalue weighted by Crippen LogP contribution is -2.31. The van der Waals surface area contributed by atoms with Gasteiger partial charge in [-0.2, -0.15) is 0 Å². The molecule has 2 aliphatic heterocycles. The molecule has 7 atom stereocenters. The van der Waals surface area contributed by atoms with E-state index in [1.807, 2.05) is 6.92 Å². The fourth-order valence-corrected chi connectivity index (χ4v) is 6.12. The van der Waals surface area contributed by atoms with Crippen molar-refractivity contribution < 1.29 is 34.7 Å². The van der Waals surface area contributed by atoms with Crippen molar-refractivity contribution in [2.45, 2.75) is 191 Å². The van der Waals surface area contributed by atoms with Gasteiger partial charge >= 0.3 is 5.97 Å². The molecule has 2 heterocycles. The lowest BCUT2D eigenvalue weighted by atomic mass is 9.99. The zero-order valence-electron chi connectivity index (χ0n) is 26.6. The Balaban J connectivity index is 1.43. The van der Waals surface area contributed by atoms with Crippen LogP contribution in [0.5, 0.6) is 0 Å². The van der Waals surface area contributed by atoms with E-state index in [9.17, 15) is 25.2 Å². The van der Waals surface area contributed by atoms with Crippen molar-refractivity contribution in [2.75, 3.05) is 0 Å². The molecule has 42 heavy (non-hydrogen) atoms. The minimum atomic E-state index is -0.533. The van der Waals surface area contributed by atoms with E-state index in [4.69, 9.17) is 9.47 Å². The van der Waals surface area contributed by atoms with Crippen molar-refractivity contribution in [3.05, 3.63) is 23.8 Å². The number of allylic oxidation sites excluding steroid dienone is 2. The number of carbonyl (C=O) groups excluding carboxylic acids is 1. The minimum absolute atomic E-state index is 0.181. The van der Waals surface area contributed by atoms with E-state index in [2.05, 4.69) is 19.1 Å². The number of unbranched alkanes of at least 4 members (excludes halogenated alkanes) is 9. The second-order valence-electron chi connectivity index (χ2n) is 12.8. The molecule has 1 fully saturated rings. The Hall–Kier alpha value is -1.25. The van der Waals surface area contributed by atoms with Gasteiger partial charge in [0.05, 0.1) is 36.6 Å². The van der Waals surface area contributed by atoms with Gasteiger partial charge in [-0.3, -0.25) is 0 Å². The number of rotatable bonds is 25. The van der Waals surface area contributed by atoms with Crippen molar-refractivity contribution in [1.29, 1.82) is 0 Å². The molecule has 7 heteroatoms. The van der Waals surface area contributed by atoms with E-state index < -0.39 is 18.3 Å². The maximum Gasteiger partial charge on any atom is 0.334 e. The highest BCUT2D eigenvalue weighted by molar-refractivity contribution is 5.90. The third-order valence-corrected chi connectivity index (χ3v) is 8.77. The zero-order valence-corrected chi connectivity index (χ0v) is 26.6. The second-order valence-corrected chi connectivity index (χ2v) is 12.8. The first-order chi connectivity index (χ1) is 20.3. The molecule has 0 amide bonds. The Morgan fingerprint density at radius 2 is 1.29 bits per heavy atom. The molecule has 7 nitrogen and oxygen atoms in total. The maximum atomic E-state index is 11.6. The van der Waals surface area contributed by atoms with E-state index in [-0.39, 0.29) is 30.4 Å². The molecule has 0 spiro atoms. The van der Waals surface area contributed by atoms with Gasteiger partial charge in [-0.25, -0.2) is 4.79 Å². The van der Waals surface area contributed by atoms with Gasteiger partial charge in [-0.1, -0.05) is 83.3 Å². The van der Waals surface area contributed by atoms with Crippen molar-refractivity contribution in [2.24, 2.45) is 0 Å². The Kier molecular flexibility index (Phi) is 19.6. The molecule has 0 bridgehead atoms. The lowest BCUT2D eigenvalue weighted by molar-refractivity contribution is -0.139. The highest BCUT2D eigenvalue weighted by atomic mass is 16.5. The summed E-state index contributed by atoms with van der Waals surface area (Å²) >= 11 is 0. The SMILES string of the molecule is CCCCCCCC/C=C\CCC(O)C1CCC(C(O)CCCCC(O)CCCCCC(O)CC2=CC(C)OC2=O)O1. The molecular formula is C35H62O7. The van der Waals surface area contributed by atoms with Gasteiger partial charge < -0.3 is 29.9 Å². The molecule has 2 aliphatic rings. The molecule has 0 aromatic carbocycles. The molecule has 0 aromatic heterocycles. The number of aliphatic hydroxyl groups excluding tert-OH is 4. The zero-order chi connectivity index (χ0) is 30.6. The van der Waals surface area contributed by atoms with Gasteiger partial charge in [0.2, 0.25) is 0 Å². The van der Waals surface area contributed by atoms with Crippen LogP contribution in [0, 0.1) is 0 Å². The topological polar surface area (TPSA) is 116 Å². The average molecular weight is 595 g/mol. The summed E-state index contributed by atoms with van der Waals surface area (Å²) in [7, 11) is 0. The smallest absolute Gasteiger partial charge is 0.334 e. The molecule has 1 saturated heterocycles. The first kappa shape index (κ1) is 36.9. The van der Waals surface area contributed by atoms with Gasteiger partial charge in [-0.15, -0.1) is 0 Å². The summed E-state index contributed by atoms with van der Waals surface area (Å²) in [5.74, 6) is -0.316. The van der Waals surface area contributed by atoms with Gasteiger partial charge in [0, 0.05) is 12.0 Å². The van der Waals surface area contributed by atoms with Gasteiger partial charge in [0.15, 0.2) is 0 Å². The lowest BCUT2D eigenvalue weighted by Gasteiger charge is -2.22. The minimum Gasteiger partial charge on any atom is -0.455 e. The van der Waals surface area contributed by atoms with Crippen molar-refractivity contribution >= 4 is 5.97 Å². The molecule has 0 saturated carbocycles. The third kappa shape index (κ3) is 16.0. The van der Waals surface area contributed by atoms with E-state index in [1.165, 1.54) is 38.5 Å². The number of ether oxygens (including phenoxy) is 2. The van der Waals surface area contributed by atoms with Crippen LogP contribution < -0.4 is 0 Å². The summed E-state index contributed by atoms with van der Waals surface area (Å²) in [6.07, 6.45) is 23.4. The molecule has 0 aliphatic carbocycles. The summed E-state index contributed by atoms with van der Waals surface area (Å²) in [5.41, 5.74) is 0.574. The predicted octanol–water partition coefficient (Wildman–Crippen LogP) is 6.84. The van der Waals surface area contributed by atoms with Crippen molar-refractivity contribution in [3.63, 3.8) is 0 Å². The molecule has 0 aromatic rings. The van der Waals surface area contributed by atoms with Gasteiger partial charge in [0.25, 0.3) is 0 Å². The maximum absolute atomic E-state index is 11.6. The summed E-state index contributed by atoms with van der Waals surface area (Å²) in [6.45, 7) is 4.06. The summed E-state index contributed by atoms with van der Waals surface area (Å²) < 4.78 is 11.1. The van der Waals surface area contributed by atoms with Crippen LogP contribution in [-0.4, -0.2) is 69.1 Å². The quantitative estimate of drug-likeness (QED) is 0.0520. The second kappa shape index (κ2) is 22.3. The van der Waals surface area contributed by atoms with Crippen LogP contribution in [0.1, 0.15) is 149 Å². The van der Waals surface area contributed by atoms with Crippen LogP contribution in [0.4, 0.5) is 0 Å². The average Bonchev–Trinajstić information content (AvgIpc) is 3.58. The largest absolute Gasteiger partial charge is 0.455 e. The van der Waals surface area contributed by atoms with Crippen LogP contribution in [0.2, 0.25) is 0 Å². The normalized spacial score (nSPS) is 23.7. The third-order valence-electron chi connectivity index (χ3n) is 8.77. The fourth-order valence-electron chi connectivity index (χ4n) is 6.12. The number of hydrogen-bond acceptors (Lipinski definition) is 7. The fraction of sp³-hybridized carbons (Fsp3) is 0.857. The standard InChI is InChI=1S/C35H62O7/c1-3-4-5-6-7-8-9-10-11-15-21-31(38)33-23-24-34(42-33)32(39)22-17-16-19-29(36)18-13-12-14-20-30(37)26-28-25-27(2)41-35(28)40/h10-11,25,27,29-34,36-39H,3-9,12-24,26H2,1-2H3/b11-10-.